The maximum atomic E-state index is 11.5. The highest BCUT2D eigenvalue weighted by molar-refractivity contribution is 9.10. The number of carbonyl (C=O) groups is 1. The van der Waals surface area contributed by atoms with Crippen LogP contribution in [0.1, 0.15) is 10.9 Å². The third-order valence-corrected chi connectivity index (χ3v) is 4.00. The Balaban J connectivity index is 2.22. The van der Waals surface area contributed by atoms with E-state index >= 15 is 0 Å². The van der Waals surface area contributed by atoms with Crippen LogP contribution < -0.4 is 11.1 Å². The van der Waals surface area contributed by atoms with E-state index in [1.54, 1.807) is 0 Å². The summed E-state index contributed by atoms with van der Waals surface area (Å²) in [5.74, 6) is -0.386. The maximum Gasteiger partial charge on any atom is 0.245 e. The number of carbonyl (C=O) groups excluding carboxylic acids is 1. The van der Waals surface area contributed by atoms with Crippen molar-refractivity contribution in [3.8, 4) is 0 Å². The minimum absolute atomic E-state index is 0.386. The van der Waals surface area contributed by atoms with Gasteiger partial charge in [0.15, 0.2) is 0 Å². The molecular formula is C12H11BrN2OS. The molecule has 1 heterocycles. The molecule has 1 atom stereocenters. The fourth-order valence-electron chi connectivity index (χ4n) is 1.46. The molecule has 5 heteroatoms. The zero-order valence-corrected chi connectivity index (χ0v) is 11.3. The lowest BCUT2D eigenvalue weighted by molar-refractivity contribution is -0.118. The van der Waals surface area contributed by atoms with Gasteiger partial charge in [0, 0.05) is 20.4 Å². The summed E-state index contributed by atoms with van der Waals surface area (Å²) in [6, 6.07) is 10.9. The highest BCUT2D eigenvalue weighted by Crippen LogP contribution is 2.28. The molecule has 0 bridgehead atoms. The summed E-state index contributed by atoms with van der Waals surface area (Å²) >= 11 is 4.86. The second kappa shape index (κ2) is 5.33. The van der Waals surface area contributed by atoms with Crippen molar-refractivity contribution in [2.24, 2.45) is 5.73 Å². The SMILES string of the molecule is NC(=O)C(Nc1ccccc1)c1cc(Br)cs1. The quantitative estimate of drug-likeness (QED) is 0.911. The highest BCUT2D eigenvalue weighted by Gasteiger charge is 2.19. The summed E-state index contributed by atoms with van der Waals surface area (Å²) < 4.78 is 0.957. The van der Waals surface area contributed by atoms with Gasteiger partial charge in [0.1, 0.15) is 6.04 Å². The standard InChI is InChI=1S/C12H11BrN2OS/c13-8-6-10(17-7-8)11(12(14)16)15-9-4-2-1-3-5-9/h1-7,11,15H,(H2,14,16). The second-order valence-electron chi connectivity index (χ2n) is 3.51. The minimum Gasteiger partial charge on any atom is -0.369 e. The molecule has 17 heavy (non-hydrogen) atoms. The number of thiophene rings is 1. The van der Waals surface area contributed by atoms with Crippen LogP contribution in [0.15, 0.2) is 46.3 Å². The summed E-state index contributed by atoms with van der Waals surface area (Å²) in [4.78, 5) is 12.4. The van der Waals surface area contributed by atoms with Gasteiger partial charge in [0.05, 0.1) is 0 Å². The Kier molecular flexibility index (Phi) is 3.81. The molecule has 0 radical (unpaired) electrons. The Morgan fingerprint density at radius 2 is 2.06 bits per heavy atom. The monoisotopic (exact) mass is 310 g/mol. The number of hydrogen-bond acceptors (Lipinski definition) is 3. The van der Waals surface area contributed by atoms with Crippen LogP contribution in [-0.2, 0) is 4.79 Å². The van der Waals surface area contributed by atoms with Gasteiger partial charge in [0.2, 0.25) is 5.91 Å². The third-order valence-electron chi connectivity index (χ3n) is 2.24. The van der Waals surface area contributed by atoms with Crippen LogP contribution in [0.3, 0.4) is 0 Å². The van der Waals surface area contributed by atoms with Gasteiger partial charge in [-0.05, 0) is 34.1 Å². The molecule has 0 aliphatic heterocycles. The molecule has 0 aliphatic carbocycles. The Bertz CT molecular complexity index is 512. The second-order valence-corrected chi connectivity index (χ2v) is 5.37. The molecule has 3 N–H and O–H groups in total. The fraction of sp³-hybridized carbons (Fsp3) is 0.0833. The Morgan fingerprint density at radius 3 is 2.59 bits per heavy atom. The molecule has 0 saturated heterocycles. The van der Waals surface area contributed by atoms with Crippen LogP contribution in [0, 0.1) is 0 Å². The topological polar surface area (TPSA) is 55.1 Å². The van der Waals surface area contributed by atoms with E-state index in [0.717, 1.165) is 15.0 Å². The first-order chi connectivity index (χ1) is 8.16. The molecule has 2 rings (SSSR count). The molecule has 3 nitrogen and oxygen atoms in total. The van der Waals surface area contributed by atoms with Gasteiger partial charge in [-0.25, -0.2) is 0 Å². The number of rotatable bonds is 4. The highest BCUT2D eigenvalue weighted by atomic mass is 79.9. The van der Waals surface area contributed by atoms with Crippen LogP contribution in [0.4, 0.5) is 5.69 Å². The summed E-state index contributed by atoms with van der Waals surface area (Å²) in [5.41, 5.74) is 6.29. The van der Waals surface area contributed by atoms with Crippen LogP contribution in [0.2, 0.25) is 0 Å². The average Bonchev–Trinajstić information content (AvgIpc) is 2.73. The lowest BCUT2D eigenvalue weighted by atomic mass is 10.2. The molecule has 1 amide bonds. The summed E-state index contributed by atoms with van der Waals surface area (Å²) in [6.45, 7) is 0. The van der Waals surface area contributed by atoms with Gasteiger partial charge in [-0.15, -0.1) is 11.3 Å². The predicted molar refractivity (Wildman–Crippen MR) is 74.0 cm³/mol. The summed E-state index contributed by atoms with van der Waals surface area (Å²) in [5, 5.41) is 5.05. The van der Waals surface area contributed by atoms with E-state index < -0.39 is 6.04 Å². The molecular weight excluding hydrogens is 300 g/mol. The zero-order chi connectivity index (χ0) is 12.3. The van der Waals surface area contributed by atoms with E-state index in [1.165, 1.54) is 11.3 Å². The number of halogens is 1. The van der Waals surface area contributed by atoms with Crippen molar-refractivity contribution in [2.45, 2.75) is 6.04 Å². The van der Waals surface area contributed by atoms with E-state index in [9.17, 15) is 4.79 Å². The van der Waals surface area contributed by atoms with E-state index in [2.05, 4.69) is 21.2 Å². The maximum absolute atomic E-state index is 11.5. The molecule has 88 valence electrons. The molecule has 2 aromatic rings. The van der Waals surface area contributed by atoms with Crippen LogP contribution in [0.5, 0.6) is 0 Å². The number of nitrogens with two attached hydrogens (primary N) is 1. The number of hydrogen-bond donors (Lipinski definition) is 2. The van der Waals surface area contributed by atoms with Crippen molar-refractivity contribution in [1.29, 1.82) is 0 Å². The molecule has 0 fully saturated rings. The van der Waals surface area contributed by atoms with E-state index in [1.807, 2.05) is 41.8 Å². The molecule has 1 aromatic carbocycles. The molecule has 1 aromatic heterocycles. The number of anilines is 1. The Labute approximate surface area is 112 Å². The van der Waals surface area contributed by atoms with Gasteiger partial charge in [-0.2, -0.15) is 0 Å². The smallest absolute Gasteiger partial charge is 0.245 e. The Morgan fingerprint density at radius 1 is 1.35 bits per heavy atom. The molecule has 0 spiro atoms. The number of primary amides is 1. The molecule has 0 aliphatic rings. The molecule has 1 unspecified atom stereocenters. The van der Waals surface area contributed by atoms with E-state index in [4.69, 9.17) is 5.73 Å². The largest absolute Gasteiger partial charge is 0.369 e. The first-order valence-electron chi connectivity index (χ1n) is 5.01. The predicted octanol–water partition coefficient (Wildman–Crippen LogP) is 3.15. The van der Waals surface area contributed by atoms with Crippen LogP contribution in [0.25, 0.3) is 0 Å². The van der Waals surface area contributed by atoms with Crippen molar-refractivity contribution in [2.75, 3.05) is 5.32 Å². The van der Waals surface area contributed by atoms with Gasteiger partial charge >= 0.3 is 0 Å². The van der Waals surface area contributed by atoms with Crippen LogP contribution in [-0.4, -0.2) is 5.91 Å². The van der Waals surface area contributed by atoms with Crippen molar-refractivity contribution in [3.05, 3.63) is 51.1 Å². The lowest BCUT2D eigenvalue weighted by Crippen LogP contribution is -2.26. The van der Waals surface area contributed by atoms with Crippen molar-refractivity contribution in [1.82, 2.24) is 0 Å². The normalized spacial score (nSPS) is 12.1. The number of nitrogens with one attached hydrogen (secondary N) is 1. The van der Waals surface area contributed by atoms with Gasteiger partial charge in [-0.1, -0.05) is 18.2 Å². The third kappa shape index (κ3) is 3.08. The number of para-hydroxylation sites is 1. The number of amides is 1. The van der Waals surface area contributed by atoms with Gasteiger partial charge in [-0.3, -0.25) is 4.79 Å². The van der Waals surface area contributed by atoms with Gasteiger partial charge in [0.25, 0.3) is 0 Å². The van der Waals surface area contributed by atoms with Gasteiger partial charge < -0.3 is 11.1 Å². The van der Waals surface area contributed by atoms with E-state index in [0.29, 0.717) is 0 Å². The Hall–Kier alpha value is -1.33. The first-order valence-corrected chi connectivity index (χ1v) is 6.69. The molecule has 0 saturated carbocycles. The summed E-state index contributed by atoms with van der Waals surface area (Å²) in [6.07, 6.45) is 0. The zero-order valence-electron chi connectivity index (χ0n) is 8.89. The van der Waals surface area contributed by atoms with Crippen molar-refractivity contribution in [3.63, 3.8) is 0 Å². The number of benzene rings is 1. The first kappa shape index (κ1) is 12.1. The van der Waals surface area contributed by atoms with Crippen molar-refractivity contribution >= 4 is 38.9 Å². The fourth-order valence-corrected chi connectivity index (χ4v) is 2.96. The minimum atomic E-state index is -0.492. The van der Waals surface area contributed by atoms with Crippen molar-refractivity contribution < 1.29 is 4.79 Å². The van der Waals surface area contributed by atoms with Crippen LogP contribution >= 0.6 is 27.3 Å². The lowest BCUT2D eigenvalue weighted by Gasteiger charge is -2.14. The average molecular weight is 311 g/mol. The summed E-state index contributed by atoms with van der Waals surface area (Å²) in [7, 11) is 0. The van der Waals surface area contributed by atoms with E-state index in [-0.39, 0.29) is 5.91 Å².